The molecule has 142 valence electrons. The fourth-order valence-corrected chi connectivity index (χ4v) is 3.20. The SMILES string of the molecule is COc1cc(NCCCNCc2ccc(Cl)c(Cl)c2)nc2ccc(C)cc12. The maximum atomic E-state index is 6.03. The first-order chi connectivity index (χ1) is 13.1. The second-order valence-corrected chi connectivity index (χ2v) is 7.25. The van der Waals surface area contributed by atoms with Crippen molar-refractivity contribution in [1.82, 2.24) is 10.3 Å². The summed E-state index contributed by atoms with van der Waals surface area (Å²) >= 11 is 12.0. The fraction of sp³-hybridized carbons (Fsp3) is 0.286. The number of nitrogens with one attached hydrogen (secondary N) is 2. The summed E-state index contributed by atoms with van der Waals surface area (Å²) in [5, 5.41) is 8.98. The second kappa shape index (κ2) is 9.27. The largest absolute Gasteiger partial charge is 0.496 e. The zero-order valence-corrected chi connectivity index (χ0v) is 17.0. The molecule has 2 aromatic carbocycles. The maximum absolute atomic E-state index is 6.03. The summed E-state index contributed by atoms with van der Waals surface area (Å²) in [7, 11) is 1.69. The van der Waals surface area contributed by atoms with Gasteiger partial charge in [-0.3, -0.25) is 0 Å². The van der Waals surface area contributed by atoms with Gasteiger partial charge >= 0.3 is 0 Å². The van der Waals surface area contributed by atoms with E-state index in [1.807, 2.05) is 30.3 Å². The van der Waals surface area contributed by atoms with Crippen molar-refractivity contribution in [2.75, 3.05) is 25.5 Å². The molecule has 3 rings (SSSR count). The van der Waals surface area contributed by atoms with Crippen molar-refractivity contribution in [1.29, 1.82) is 0 Å². The maximum Gasteiger partial charge on any atom is 0.131 e. The number of methoxy groups -OCH3 is 1. The Bertz CT molecular complexity index is 931. The first kappa shape index (κ1) is 19.7. The molecule has 0 fully saturated rings. The Morgan fingerprint density at radius 2 is 1.85 bits per heavy atom. The summed E-state index contributed by atoms with van der Waals surface area (Å²) in [6, 6.07) is 13.8. The number of anilines is 1. The number of ether oxygens (including phenoxy) is 1. The van der Waals surface area contributed by atoms with Crippen molar-refractivity contribution in [3.63, 3.8) is 0 Å². The molecule has 0 radical (unpaired) electrons. The highest BCUT2D eigenvalue weighted by atomic mass is 35.5. The molecular formula is C21H23Cl2N3O. The Balaban J connectivity index is 1.49. The highest BCUT2D eigenvalue weighted by Crippen LogP contribution is 2.28. The lowest BCUT2D eigenvalue weighted by Gasteiger charge is -2.11. The summed E-state index contributed by atoms with van der Waals surface area (Å²) in [6.07, 6.45) is 0.969. The van der Waals surface area contributed by atoms with Crippen LogP contribution in [0.2, 0.25) is 10.0 Å². The van der Waals surface area contributed by atoms with Crippen LogP contribution < -0.4 is 15.4 Å². The minimum atomic E-state index is 0.582. The van der Waals surface area contributed by atoms with E-state index >= 15 is 0 Å². The molecule has 27 heavy (non-hydrogen) atoms. The summed E-state index contributed by atoms with van der Waals surface area (Å²) in [5.74, 6) is 1.66. The average molecular weight is 404 g/mol. The molecule has 0 saturated carbocycles. The van der Waals surface area contributed by atoms with E-state index in [0.717, 1.165) is 54.1 Å². The van der Waals surface area contributed by atoms with Gasteiger partial charge in [-0.2, -0.15) is 0 Å². The van der Waals surface area contributed by atoms with Gasteiger partial charge in [0.1, 0.15) is 11.6 Å². The Kier molecular flexibility index (Phi) is 6.78. The number of halogens is 2. The first-order valence-corrected chi connectivity index (χ1v) is 9.66. The fourth-order valence-electron chi connectivity index (χ4n) is 2.88. The van der Waals surface area contributed by atoms with Crippen LogP contribution >= 0.6 is 23.2 Å². The van der Waals surface area contributed by atoms with Gasteiger partial charge in [0, 0.05) is 24.5 Å². The third-order valence-electron chi connectivity index (χ3n) is 4.30. The molecule has 0 unspecified atom stereocenters. The third-order valence-corrected chi connectivity index (χ3v) is 5.03. The van der Waals surface area contributed by atoms with Crippen molar-refractivity contribution >= 4 is 39.9 Å². The molecule has 0 amide bonds. The lowest BCUT2D eigenvalue weighted by molar-refractivity contribution is 0.419. The molecule has 0 atom stereocenters. The summed E-state index contributed by atoms with van der Waals surface area (Å²) < 4.78 is 5.52. The Labute approximate surface area is 169 Å². The summed E-state index contributed by atoms with van der Waals surface area (Å²) in [6.45, 7) is 4.54. The zero-order chi connectivity index (χ0) is 19.2. The van der Waals surface area contributed by atoms with Crippen molar-refractivity contribution in [3.8, 4) is 5.75 Å². The van der Waals surface area contributed by atoms with Gasteiger partial charge in [0.25, 0.3) is 0 Å². The van der Waals surface area contributed by atoms with Gasteiger partial charge in [0.2, 0.25) is 0 Å². The van der Waals surface area contributed by atoms with Crippen LogP contribution in [-0.2, 0) is 6.54 Å². The molecule has 4 nitrogen and oxygen atoms in total. The zero-order valence-electron chi connectivity index (χ0n) is 15.5. The highest BCUT2D eigenvalue weighted by molar-refractivity contribution is 6.42. The van der Waals surface area contributed by atoms with Gasteiger partial charge < -0.3 is 15.4 Å². The Morgan fingerprint density at radius 1 is 1.00 bits per heavy atom. The first-order valence-electron chi connectivity index (χ1n) is 8.91. The molecular weight excluding hydrogens is 381 g/mol. The van der Waals surface area contributed by atoms with Gasteiger partial charge in [-0.05, 0) is 49.7 Å². The number of pyridine rings is 1. The normalized spacial score (nSPS) is 11.0. The second-order valence-electron chi connectivity index (χ2n) is 6.44. The van der Waals surface area contributed by atoms with Crippen molar-refractivity contribution in [3.05, 3.63) is 63.6 Å². The molecule has 0 spiro atoms. The number of fused-ring (bicyclic) bond motifs is 1. The Morgan fingerprint density at radius 3 is 2.63 bits per heavy atom. The number of benzene rings is 2. The van der Waals surface area contributed by atoms with Gasteiger partial charge in [-0.1, -0.05) is 40.9 Å². The van der Waals surface area contributed by atoms with E-state index in [1.54, 1.807) is 7.11 Å². The van der Waals surface area contributed by atoms with Crippen molar-refractivity contribution in [2.45, 2.75) is 19.9 Å². The van der Waals surface area contributed by atoms with Gasteiger partial charge in [0.15, 0.2) is 0 Å². The Hall–Kier alpha value is -2.01. The predicted octanol–water partition coefficient (Wildman–Crippen LogP) is 5.45. The van der Waals surface area contributed by atoms with E-state index in [1.165, 1.54) is 5.56 Å². The molecule has 0 aliphatic rings. The van der Waals surface area contributed by atoms with E-state index < -0.39 is 0 Å². The van der Waals surface area contributed by atoms with Gasteiger partial charge in [-0.15, -0.1) is 0 Å². The number of nitrogens with zero attached hydrogens (tertiary/aromatic N) is 1. The summed E-state index contributed by atoms with van der Waals surface area (Å²) in [4.78, 5) is 4.67. The minimum Gasteiger partial charge on any atom is -0.496 e. The number of aromatic nitrogens is 1. The molecule has 0 bridgehead atoms. The van der Waals surface area contributed by atoms with Crippen LogP contribution in [0.5, 0.6) is 5.75 Å². The molecule has 1 aromatic heterocycles. The molecule has 0 saturated heterocycles. The van der Waals surface area contributed by atoms with E-state index in [-0.39, 0.29) is 0 Å². The minimum absolute atomic E-state index is 0.582. The van der Waals surface area contributed by atoms with E-state index in [4.69, 9.17) is 27.9 Å². The van der Waals surface area contributed by atoms with Crippen molar-refractivity contribution < 1.29 is 4.74 Å². The monoisotopic (exact) mass is 403 g/mol. The van der Waals surface area contributed by atoms with Crippen LogP contribution in [0.25, 0.3) is 10.9 Å². The third kappa shape index (κ3) is 5.25. The van der Waals surface area contributed by atoms with Crippen LogP contribution in [-0.4, -0.2) is 25.2 Å². The van der Waals surface area contributed by atoms with E-state index in [2.05, 4.69) is 34.7 Å². The molecule has 0 aliphatic carbocycles. The summed E-state index contributed by atoms with van der Waals surface area (Å²) in [5.41, 5.74) is 3.24. The average Bonchev–Trinajstić information content (AvgIpc) is 2.66. The number of hydrogen-bond donors (Lipinski definition) is 2. The molecule has 2 N–H and O–H groups in total. The molecule has 6 heteroatoms. The topological polar surface area (TPSA) is 46.2 Å². The smallest absolute Gasteiger partial charge is 0.131 e. The van der Waals surface area contributed by atoms with Crippen LogP contribution in [0, 0.1) is 6.92 Å². The highest BCUT2D eigenvalue weighted by Gasteiger charge is 2.06. The van der Waals surface area contributed by atoms with Gasteiger partial charge in [-0.25, -0.2) is 4.98 Å². The van der Waals surface area contributed by atoms with E-state index in [0.29, 0.717) is 10.0 Å². The number of hydrogen-bond acceptors (Lipinski definition) is 4. The molecule has 0 aliphatic heterocycles. The predicted molar refractivity (Wildman–Crippen MR) is 114 cm³/mol. The number of aryl methyl sites for hydroxylation is 1. The van der Waals surface area contributed by atoms with Crippen LogP contribution in [0.15, 0.2) is 42.5 Å². The van der Waals surface area contributed by atoms with Crippen LogP contribution in [0.1, 0.15) is 17.5 Å². The van der Waals surface area contributed by atoms with Crippen molar-refractivity contribution in [2.24, 2.45) is 0 Å². The van der Waals surface area contributed by atoms with E-state index in [9.17, 15) is 0 Å². The lowest BCUT2D eigenvalue weighted by Crippen LogP contribution is -2.18. The van der Waals surface area contributed by atoms with Gasteiger partial charge in [0.05, 0.1) is 22.7 Å². The van der Waals surface area contributed by atoms with Crippen LogP contribution in [0.3, 0.4) is 0 Å². The standard InChI is InChI=1S/C21H23Cl2N3O/c1-14-4-7-19-16(10-14)20(27-2)12-21(26-19)25-9-3-8-24-13-15-5-6-17(22)18(23)11-15/h4-7,10-12,24H,3,8-9,13H2,1-2H3,(H,25,26). The molecule has 1 heterocycles. The lowest BCUT2D eigenvalue weighted by atomic mass is 10.1. The van der Waals surface area contributed by atoms with Crippen LogP contribution in [0.4, 0.5) is 5.82 Å². The number of rotatable bonds is 8. The molecule has 3 aromatic rings. The quantitative estimate of drug-likeness (QED) is 0.490.